The van der Waals surface area contributed by atoms with Crippen LogP contribution in [0.15, 0.2) is 46.4 Å². The Labute approximate surface area is 140 Å². The molecule has 2 aromatic rings. The third-order valence-corrected chi connectivity index (χ3v) is 3.25. The molecular weight excluding hydrogens is 308 g/mol. The number of hydrogen-bond donors (Lipinski definition) is 0. The lowest BCUT2D eigenvalue weighted by Gasteiger charge is -2.11. The summed E-state index contributed by atoms with van der Waals surface area (Å²) < 4.78 is 10.1. The van der Waals surface area contributed by atoms with E-state index in [4.69, 9.17) is 9.47 Å². The number of methoxy groups -OCH3 is 2. The van der Waals surface area contributed by atoms with Crippen LogP contribution in [0.25, 0.3) is 0 Å². The smallest absolute Gasteiger partial charge is 0.119 e. The van der Waals surface area contributed by atoms with Gasteiger partial charge in [0.1, 0.15) is 11.5 Å². The van der Waals surface area contributed by atoms with Crippen molar-refractivity contribution in [3.05, 3.63) is 47.5 Å². The number of hydrogen-bond acceptors (Lipinski definition) is 6. The van der Waals surface area contributed by atoms with Crippen molar-refractivity contribution in [2.24, 2.45) is 9.98 Å². The van der Waals surface area contributed by atoms with Crippen LogP contribution in [0.5, 0.6) is 23.0 Å². The molecule has 126 valence electrons. The predicted octanol–water partition coefficient (Wildman–Crippen LogP) is 1.39. The summed E-state index contributed by atoms with van der Waals surface area (Å²) in [6.45, 7) is 0.816. The summed E-state index contributed by atoms with van der Waals surface area (Å²) in [4.78, 5) is 8.34. The Balaban J connectivity index is 1.91. The van der Waals surface area contributed by atoms with Gasteiger partial charge in [0.2, 0.25) is 0 Å². The molecule has 0 unspecified atom stereocenters. The van der Waals surface area contributed by atoms with E-state index in [-0.39, 0.29) is 11.5 Å². The van der Waals surface area contributed by atoms with Crippen molar-refractivity contribution in [2.45, 2.75) is 0 Å². The molecule has 0 aliphatic heterocycles. The van der Waals surface area contributed by atoms with Gasteiger partial charge in [0, 0.05) is 12.4 Å². The highest BCUT2D eigenvalue weighted by Gasteiger charge is 1.95. The zero-order valence-electron chi connectivity index (χ0n) is 13.6. The van der Waals surface area contributed by atoms with Crippen LogP contribution in [0.4, 0.5) is 0 Å². The van der Waals surface area contributed by atoms with E-state index in [0.29, 0.717) is 35.7 Å². The molecule has 0 fully saturated rings. The summed E-state index contributed by atoms with van der Waals surface area (Å²) in [6, 6.07) is 9.37. The molecule has 0 spiro atoms. The zero-order valence-corrected chi connectivity index (χ0v) is 13.6. The lowest BCUT2D eigenvalue weighted by Crippen LogP contribution is -1.99. The van der Waals surface area contributed by atoms with E-state index in [1.807, 2.05) is 0 Å². The summed E-state index contributed by atoms with van der Waals surface area (Å²) in [5.74, 6) is 0.982. The first-order valence-corrected chi connectivity index (χ1v) is 7.34. The van der Waals surface area contributed by atoms with Gasteiger partial charge in [-0.15, -0.1) is 0 Å². The maximum Gasteiger partial charge on any atom is 0.119 e. The van der Waals surface area contributed by atoms with E-state index >= 15 is 0 Å². The standard InChI is InChI=1S/C18H20N2O4/c1-23-15-3-5-17(21)13(9-15)11-19-7-8-20-12-14-10-16(24-2)4-6-18(14)22/h3-6,9-12,21-22H,7-8H2,1-2H3/p-2. The molecule has 0 N–H and O–H groups in total. The van der Waals surface area contributed by atoms with Gasteiger partial charge in [-0.3, -0.25) is 9.98 Å². The molecule has 0 saturated carbocycles. The minimum Gasteiger partial charge on any atom is -0.872 e. The molecule has 0 aliphatic carbocycles. The van der Waals surface area contributed by atoms with Gasteiger partial charge in [-0.1, -0.05) is 23.6 Å². The van der Waals surface area contributed by atoms with Crippen LogP contribution in [0.2, 0.25) is 0 Å². The van der Waals surface area contributed by atoms with Crippen LogP contribution in [-0.4, -0.2) is 39.7 Å². The zero-order chi connectivity index (χ0) is 17.4. The highest BCUT2D eigenvalue weighted by Crippen LogP contribution is 2.19. The number of rotatable bonds is 7. The maximum atomic E-state index is 11.7. The fourth-order valence-electron chi connectivity index (χ4n) is 1.95. The molecule has 2 rings (SSSR count). The van der Waals surface area contributed by atoms with Crippen LogP contribution in [0.1, 0.15) is 11.1 Å². The SMILES string of the molecule is COc1ccc([O-])c(C=NCCN=Cc2cc(OC)ccc2[O-])c1. The van der Waals surface area contributed by atoms with Crippen LogP contribution in [-0.2, 0) is 0 Å². The molecule has 0 saturated heterocycles. The van der Waals surface area contributed by atoms with Crippen molar-refractivity contribution in [1.29, 1.82) is 0 Å². The summed E-state index contributed by atoms with van der Waals surface area (Å²) in [5, 5.41) is 23.3. The van der Waals surface area contributed by atoms with Gasteiger partial charge < -0.3 is 19.7 Å². The van der Waals surface area contributed by atoms with E-state index in [0.717, 1.165) is 0 Å². The Morgan fingerprint density at radius 3 is 1.58 bits per heavy atom. The lowest BCUT2D eigenvalue weighted by atomic mass is 10.2. The molecule has 6 nitrogen and oxygen atoms in total. The van der Waals surface area contributed by atoms with Crippen LogP contribution in [0, 0.1) is 0 Å². The third-order valence-electron chi connectivity index (χ3n) is 3.25. The maximum absolute atomic E-state index is 11.7. The molecule has 0 amide bonds. The first-order chi connectivity index (χ1) is 11.6. The third kappa shape index (κ3) is 4.74. The van der Waals surface area contributed by atoms with Gasteiger partial charge in [0.15, 0.2) is 0 Å². The summed E-state index contributed by atoms with van der Waals surface area (Å²) in [5.41, 5.74) is 0.931. The molecule has 24 heavy (non-hydrogen) atoms. The Kier molecular flexibility index (Phi) is 6.19. The Hall–Kier alpha value is -3.02. The minimum absolute atomic E-state index is 0.115. The van der Waals surface area contributed by atoms with E-state index < -0.39 is 0 Å². The minimum atomic E-state index is -0.115. The lowest BCUT2D eigenvalue weighted by molar-refractivity contribution is -0.269. The van der Waals surface area contributed by atoms with Crippen molar-refractivity contribution in [3.8, 4) is 23.0 Å². The second-order valence-corrected chi connectivity index (χ2v) is 4.88. The van der Waals surface area contributed by atoms with Crippen LogP contribution < -0.4 is 19.7 Å². The van der Waals surface area contributed by atoms with E-state index in [2.05, 4.69) is 9.98 Å². The Bertz CT molecular complexity index is 678. The van der Waals surface area contributed by atoms with E-state index in [9.17, 15) is 10.2 Å². The molecular formula is C18H18N2O4-2. The molecule has 2 aromatic carbocycles. The van der Waals surface area contributed by atoms with Gasteiger partial charge in [-0.05, 0) is 35.4 Å². The van der Waals surface area contributed by atoms with Gasteiger partial charge in [-0.25, -0.2) is 0 Å². The number of nitrogens with zero attached hydrogens (tertiary/aromatic N) is 2. The fourth-order valence-corrected chi connectivity index (χ4v) is 1.95. The van der Waals surface area contributed by atoms with Crippen molar-refractivity contribution in [2.75, 3.05) is 27.3 Å². The average Bonchev–Trinajstić information content (AvgIpc) is 2.60. The van der Waals surface area contributed by atoms with Crippen LogP contribution in [0.3, 0.4) is 0 Å². The van der Waals surface area contributed by atoms with Gasteiger partial charge in [-0.2, -0.15) is 0 Å². The second kappa shape index (κ2) is 8.57. The molecule has 0 bridgehead atoms. The van der Waals surface area contributed by atoms with Crippen LogP contribution >= 0.6 is 0 Å². The number of aliphatic imine (C=N–C) groups is 2. The topological polar surface area (TPSA) is 89.3 Å². The highest BCUT2D eigenvalue weighted by molar-refractivity contribution is 5.84. The number of benzene rings is 2. The first kappa shape index (κ1) is 17.3. The summed E-state index contributed by atoms with van der Waals surface area (Å²) >= 11 is 0. The van der Waals surface area contributed by atoms with E-state index in [1.165, 1.54) is 38.8 Å². The largest absolute Gasteiger partial charge is 0.872 e. The summed E-state index contributed by atoms with van der Waals surface area (Å²) in [6.07, 6.45) is 3.01. The molecule has 0 radical (unpaired) electrons. The average molecular weight is 326 g/mol. The fraction of sp³-hybridized carbons (Fsp3) is 0.222. The van der Waals surface area contributed by atoms with Crippen molar-refractivity contribution in [1.82, 2.24) is 0 Å². The van der Waals surface area contributed by atoms with Crippen molar-refractivity contribution >= 4 is 12.4 Å². The quantitative estimate of drug-likeness (QED) is 0.568. The summed E-state index contributed by atoms with van der Waals surface area (Å²) in [7, 11) is 3.08. The van der Waals surface area contributed by atoms with Crippen molar-refractivity contribution in [3.63, 3.8) is 0 Å². The molecule has 6 heteroatoms. The first-order valence-electron chi connectivity index (χ1n) is 7.34. The Morgan fingerprint density at radius 2 is 1.21 bits per heavy atom. The molecule has 0 heterocycles. The highest BCUT2D eigenvalue weighted by atomic mass is 16.5. The molecule has 0 aromatic heterocycles. The molecule has 0 aliphatic rings. The van der Waals surface area contributed by atoms with Crippen molar-refractivity contribution < 1.29 is 19.7 Å². The van der Waals surface area contributed by atoms with Gasteiger partial charge in [0.25, 0.3) is 0 Å². The Morgan fingerprint density at radius 1 is 0.792 bits per heavy atom. The van der Waals surface area contributed by atoms with Gasteiger partial charge >= 0.3 is 0 Å². The molecule has 0 atom stereocenters. The van der Waals surface area contributed by atoms with Gasteiger partial charge in [0.05, 0.1) is 27.3 Å². The normalized spacial score (nSPS) is 11.2. The number of ether oxygens (including phenoxy) is 2. The van der Waals surface area contributed by atoms with E-state index in [1.54, 1.807) is 24.3 Å². The second-order valence-electron chi connectivity index (χ2n) is 4.88. The predicted molar refractivity (Wildman–Crippen MR) is 89.8 cm³/mol. The monoisotopic (exact) mass is 326 g/mol.